The van der Waals surface area contributed by atoms with Gasteiger partial charge in [-0.25, -0.2) is 0 Å². The summed E-state index contributed by atoms with van der Waals surface area (Å²) in [4.78, 5) is 0. The van der Waals surface area contributed by atoms with E-state index in [4.69, 9.17) is 9.47 Å². The van der Waals surface area contributed by atoms with Crippen LogP contribution in [0.5, 0.6) is 5.75 Å². The van der Waals surface area contributed by atoms with Crippen molar-refractivity contribution in [3.63, 3.8) is 0 Å². The molecule has 1 saturated heterocycles. The fraction of sp³-hybridized carbons (Fsp3) is 0.455. The van der Waals surface area contributed by atoms with Crippen LogP contribution in [-0.2, 0) is 17.6 Å². The molecule has 0 aliphatic carbocycles. The van der Waals surface area contributed by atoms with Crippen molar-refractivity contribution in [1.29, 1.82) is 0 Å². The first-order valence-corrected chi connectivity index (χ1v) is 9.82. The van der Waals surface area contributed by atoms with Gasteiger partial charge in [0.05, 0.1) is 6.61 Å². The van der Waals surface area contributed by atoms with Crippen LogP contribution in [0.25, 0.3) is 0 Å². The van der Waals surface area contributed by atoms with Gasteiger partial charge in [-0.2, -0.15) is 0 Å². The van der Waals surface area contributed by atoms with E-state index >= 15 is 0 Å². The summed E-state index contributed by atoms with van der Waals surface area (Å²) in [7, 11) is 1.79. The quantitative estimate of drug-likeness (QED) is 0.470. The summed E-state index contributed by atoms with van der Waals surface area (Å²) in [5, 5.41) is 42.7. The number of hydrogen-bond donors (Lipinski definition) is 5. The molecule has 5 N–H and O–H groups in total. The minimum Gasteiger partial charge on any atom is -0.462 e. The normalized spacial score (nSPS) is 26.9. The number of aryl methyl sites for hydroxylation is 1. The van der Waals surface area contributed by atoms with Crippen LogP contribution in [0, 0.1) is 0 Å². The van der Waals surface area contributed by atoms with Gasteiger partial charge < -0.3 is 35.2 Å². The summed E-state index contributed by atoms with van der Waals surface area (Å²) in [6.45, 7) is 1.61. The molecule has 0 saturated carbocycles. The highest BCUT2D eigenvalue weighted by atomic mass is 16.7. The SMILES string of the molecule is CCc1ccc(Cc2ccc(NC)cc2O[C@H]2O[C@H](CO)[C@@H](O)[C@H](O)[C@H]2O)cc1. The van der Waals surface area contributed by atoms with E-state index in [0.29, 0.717) is 12.2 Å². The van der Waals surface area contributed by atoms with Gasteiger partial charge in [0.2, 0.25) is 6.29 Å². The first-order chi connectivity index (χ1) is 14.0. The lowest BCUT2D eigenvalue weighted by Gasteiger charge is -2.39. The van der Waals surface area contributed by atoms with Crippen LogP contribution in [0.1, 0.15) is 23.6 Å². The van der Waals surface area contributed by atoms with Crippen LogP contribution in [0.4, 0.5) is 5.69 Å². The molecule has 0 unspecified atom stereocenters. The van der Waals surface area contributed by atoms with Crippen molar-refractivity contribution >= 4 is 5.69 Å². The highest BCUT2D eigenvalue weighted by Gasteiger charge is 2.44. The zero-order chi connectivity index (χ0) is 21.0. The molecular weight excluding hydrogens is 374 g/mol. The van der Waals surface area contributed by atoms with Crippen molar-refractivity contribution in [3.8, 4) is 5.75 Å². The molecule has 29 heavy (non-hydrogen) atoms. The van der Waals surface area contributed by atoms with Crippen molar-refractivity contribution in [3.05, 3.63) is 59.2 Å². The molecule has 7 heteroatoms. The minimum atomic E-state index is -1.48. The third-order valence-corrected chi connectivity index (χ3v) is 5.27. The lowest BCUT2D eigenvalue weighted by molar-refractivity contribution is -0.277. The van der Waals surface area contributed by atoms with Gasteiger partial charge in [-0.1, -0.05) is 37.3 Å². The minimum absolute atomic E-state index is 0.487. The second-order valence-corrected chi connectivity index (χ2v) is 7.23. The molecule has 0 spiro atoms. The zero-order valence-electron chi connectivity index (χ0n) is 16.7. The van der Waals surface area contributed by atoms with Crippen LogP contribution in [0.15, 0.2) is 42.5 Å². The molecule has 0 bridgehead atoms. The maximum atomic E-state index is 10.3. The predicted octanol–water partition coefficient (Wildman–Crippen LogP) is 1.06. The van der Waals surface area contributed by atoms with Gasteiger partial charge in [-0.15, -0.1) is 0 Å². The summed E-state index contributed by atoms with van der Waals surface area (Å²) in [6.07, 6.45) is -5.01. The van der Waals surface area contributed by atoms with Crippen molar-refractivity contribution in [2.24, 2.45) is 0 Å². The van der Waals surface area contributed by atoms with Gasteiger partial charge in [0, 0.05) is 25.2 Å². The number of ether oxygens (including phenoxy) is 2. The van der Waals surface area contributed by atoms with Crippen molar-refractivity contribution in [2.75, 3.05) is 19.0 Å². The molecule has 7 nitrogen and oxygen atoms in total. The van der Waals surface area contributed by atoms with Gasteiger partial charge >= 0.3 is 0 Å². The predicted molar refractivity (Wildman–Crippen MR) is 109 cm³/mol. The molecule has 1 aliphatic heterocycles. The molecule has 2 aromatic rings. The molecule has 3 rings (SSSR count). The van der Waals surface area contributed by atoms with Crippen molar-refractivity contribution < 1.29 is 29.9 Å². The van der Waals surface area contributed by atoms with Gasteiger partial charge in [0.25, 0.3) is 0 Å². The molecule has 5 atom stereocenters. The second-order valence-electron chi connectivity index (χ2n) is 7.23. The molecular formula is C22H29NO6. The average molecular weight is 403 g/mol. The molecule has 0 aromatic heterocycles. The van der Waals surface area contributed by atoms with E-state index in [1.807, 2.05) is 12.1 Å². The third kappa shape index (κ3) is 4.88. The van der Waals surface area contributed by atoms with Gasteiger partial charge in [-0.05, 0) is 29.2 Å². The molecule has 0 radical (unpaired) electrons. The lowest BCUT2D eigenvalue weighted by atomic mass is 9.99. The molecule has 0 amide bonds. The Balaban J connectivity index is 1.84. The number of hydrogen-bond acceptors (Lipinski definition) is 7. The van der Waals surface area contributed by atoms with E-state index in [0.717, 1.165) is 23.2 Å². The number of anilines is 1. The van der Waals surface area contributed by atoms with E-state index < -0.39 is 37.3 Å². The maximum absolute atomic E-state index is 10.3. The van der Waals surface area contributed by atoms with E-state index in [1.54, 1.807) is 13.1 Å². The smallest absolute Gasteiger partial charge is 0.229 e. The fourth-order valence-corrected chi connectivity index (χ4v) is 3.37. The highest BCUT2D eigenvalue weighted by Crippen LogP contribution is 2.30. The Labute approximate surface area is 170 Å². The molecule has 1 fully saturated rings. The Morgan fingerprint density at radius 2 is 1.66 bits per heavy atom. The number of rotatable bonds is 7. The standard InChI is InChI=1S/C22H29NO6/c1-3-13-4-6-14(7-5-13)10-15-8-9-16(23-2)11-17(15)28-22-21(27)20(26)19(25)18(12-24)29-22/h4-9,11,18-27H,3,10,12H2,1-2H3/t18-,19-,20+,21-,22+/m1/s1. The fourth-order valence-electron chi connectivity index (χ4n) is 3.37. The summed E-state index contributed by atoms with van der Waals surface area (Å²) >= 11 is 0. The third-order valence-electron chi connectivity index (χ3n) is 5.27. The van der Waals surface area contributed by atoms with Crippen molar-refractivity contribution in [2.45, 2.75) is 50.5 Å². The van der Waals surface area contributed by atoms with E-state index in [9.17, 15) is 20.4 Å². The maximum Gasteiger partial charge on any atom is 0.229 e. The molecule has 158 valence electrons. The van der Waals surface area contributed by atoms with E-state index in [1.165, 1.54) is 5.56 Å². The van der Waals surface area contributed by atoms with Crippen LogP contribution < -0.4 is 10.1 Å². The Morgan fingerprint density at radius 1 is 0.966 bits per heavy atom. The Hall–Kier alpha value is -2.16. The number of nitrogens with one attached hydrogen (secondary N) is 1. The highest BCUT2D eigenvalue weighted by molar-refractivity contribution is 5.52. The first kappa shape index (κ1) is 21.5. The van der Waals surface area contributed by atoms with Crippen LogP contribution in [-0.4, -0.2) is 64.8 Å². The van der Waals surface area contributed by atoms with Crippen LogP contribution in [0.2, 0.25) is 0 Å². The summed E-state index contributed by atoms with van der Waals surface area (Å²) in [5.41, 5.74) is 4.06. The van der Waals surface area contributed by atoms with Gasteiger partial charge in [-0.3, -0.25) is 0 Å². The summed E-state index contributed by atoms with van der Waals surface area (Å²) in [5.74, 6) is 0.487. The summed E-state index contributed by atoms with van der Waals surface area (Å²) in [6, 6.07) is 14.0. The van der Waals surface area contributed by atoms with Crippen LogP contribution in [0.3, 0.4) is 0 Å². The average Bonchev–Trinajstić information content (AvgIpc) is 2.75. The van der Waals surface area contributed by atoms with Gasteiger partial charge in [0.15, 0.2) is 0 Å². The van der Waals surface area contributed by atoms with Crippen LogP contribution >= 0.6 is 0 Å². The first-order valence-electron chi connectivity index (χ1n) is 9.82. The largest absolute Gasteiger partial charge is 0.462 e. The number of aliphatic hydroxyl groups is 4. The number of benzene rings is 2. The van der Waals surface area contributed by atoms with E-state index in [2.05, 4.69) is 36.5 Å². The Morgan fingerprint density at radius 3 is 2.28 bits per heavy atom. The number of aliphatic hydroxyl groups excluding tert-OH is 4. The molecule has 2 aromatic carbocycles. The second kappa shape index (κ2) is 9.56. The molecule has 1 heterocycles. The zero-order valence-corrected chi connectivity index (χ0v) is 16.7. The Kier molecular flexibility index (Phi) is 7.10. The monoisotopic (exact) mass is 403 g/mol. The topological polar surface area (TPSA) is 111 Å². The lowest BCUT2D eigenvalue weighted by Crippen LogP contribution is -2.60. The van der Waals surface area contributed by atoms with Crippen molar-refractivity contribution in [1.82, 2.24) is 0 Å². The molecule has 1 aliphatic rings. The summed E-state index contributed by atoms with van der Waals surface area (Å²) < 4.78 is 11.4. The Bertz CT molecular complexity index is 794. The van der Waals surface area contributed by atoms with Gasteiger partial charge in [0.1, 0.15) is 30.2 Å². The van der Waals surface area contributed by atoms with E-state index in [-0.39, 0.29) is 0 Å².